The molecule has 0 saturated carbocycles. The van der Waals surface area contributed by atoms with Crippen LogP contribution in [0.4, 0.5) is 0 Å². The van der Waals surface area contributed by atoms with Crippen LogP contribution in [0.5, 0.6) is 17.2 Å². The lowest BCUT2D eigenvalue weighted by atomic mass is 10.2. The average Bonchev–Trinajstić information content (AvgIpc) is 2.55. The molecule has 5 heteroatoms. The molecule has 3 rings (SSSR count). The molecule has 3 aromatic carbocycles. The molecule has 24 heavy (non-hydrogen) atoms. The van der Waals surface area contributed by atoms with Crippen LogP contribution < -0.4 is 9.47 Å². The molecule has 0 atom stereocenters. The van der Waals surface area contributed by atoms with Crippen molar-refractivity contribution >= 4 is 34.8 Å². The van der Waals surface area contributed by atoms with Gasteiger partial charge in [0.25, 0.3) is 0 Å². The maximum atomic E-state index is 6.13. The average molecular weight is 380 g/mol. The minimum Gasteiger partial charge on any atom is -0.489 e. The van der Waals surface area contributed by atoms with Gasteiger partial charge in [0, 0.05) is 20.6 Å². The number of hydrogen-bond donors (Lipinski definition) is 0. The van der Waals surface area contributed by atoms with E-state index in [0.717, 1.165) is 11.3 Å². The Morgan fingerprint density at radius 1 is 0.667 bits per heavy atom. The molecule has 3 aromatic rings. The van der Waals surface area contributed by atoms with Gasteiger partial charge in [-0.2, -0.15) is 0 Å². The van der Waals surface area contributed by atoms with Crippen LogP contribution in [0.2, 0.25) is 15.1 Å². The summed E-state index contributed by atoms with van der Waals surface area (Å²) in [6.45, 7) is 0.366. The molecule has 0 unspecified atom stereocenters. The summed E-state index contributed by atoms with van der Waals surface area (Å²) in [6, 6.07) is 19.9. The van der Waals surface area contributed by atoms with Crippen molar-refractivity contribution in [3.63, 3.8) is 0 Å². The predicted octanol–water partition coefficient (Wildman–Crippen LogP) is 7.02. The minimum atomic E-state index is 0.366. The molecule has 0 bridgehead atoms. The first-order chi connectivity index (χ1) is 11.6. The minimum absolute atomic E-state index is 0.366. The number of hydrogen-bond acceptors (Lipinski definition) is 2. The third-order valence-corrected chi connectivity index (χ3v) is 4.09. The fourth-order valence-electron chi connectivity index (χ4n) is 2.07. The van der Waals surface area contributed by atoms with Crippen molar-refractivity contribution in [2.45, 2.75) is 6.61 Å². The van der Waals surface area contributed by atoms with E-state index in [9.17, 15) is 0 Å². The number of ether oxygens (including phenoxy) is 2. The highest BCUT2D eigenvalue weighted by Crippen LogP contribution is 2.27. The van der Waals surface area contributed by atoms with Crippen molar-refractivity contribution in [2.75, 3.05) is 0 Å². The lowest BCUT2D eigenvalue weighted by Crippen LogP contribution is -1.96. The molecular weight excluding hydrogens is 367 g/mol. The lowest BCUT2D eigenvalue weighted by Gasteiger charge is -2.10. The zero-order chi connectivity index (χ0) is 16.9. The molecule has 0 spiro atoms. The van der Waals surface area contributed by atoms with Gasteiger partial charge >= 0.3 is 0 Å². The molecule has 0 aliphatic heterocycles. The molecule has 0 N–H and O–H groups in total. The monoisotopic (exact) mass is 378 g/mol. The second kappa shape index (κ2) is 7.80. The van der Waals surface area contributed by atoms with Gasteiger partial charge in [-0.3, -0.25) is 0 Å². The van der Waals surface area contributed by atoms with Crippen molar-refractivity contribution in [3.8, 4) is 17.2 Å². The molecule has 0 radical (unpaired) electrons. The van der Waals surface area contributed by atoms with E-state index in [1.54, 1.807) is 24.3 Å². The second-order valence-electron chi connectivity index (χ2n) is 5.06. The third kappa shape index (κ3) is 4.57. The normalized spacial score (nSPS) is 10.5. The van der Waals surface area contributed by atoms with Crippen molar-refractivity contribution in [1.82, 2.24) is 0 Å². The zero-order valence-electron chi connectivity index (χ0n) is 12.5. The van der Waals surface area contributed by atoms with Crippen molar-refractivity contribution < 1.29 is 9.47 Å². The molecule has 0 saturated heterocycles. The topological polar surface area (TPSA) is 18.5 Å². The highest BCUT2D eigenvalue weighted by Gasteiger charge is 2.04. The summed E-state index contributed by atoms with van der Waals surface area (Å²) in [4.78, 5) is 0. The van der Waals surface area contributed by atoms with Gasteiger partial charge in [-0.05, 0) is 54.6 Å². The fourth-order valence-corrected chi connectivity index (χ4v) is 2.71. The van der Waals surface area contributed by atoms with Gasteiger partial charge in [-0.25, -0.2) is 0 Å². The first-order valence-corrected chi connectivity index (χ1v) is 8.34. The van der Waals surface area contributed by atoms with E-state index >= 15 is 0 Å². The second-order valence-corrected chi connectivity index (χ2v) is 6.34. The third-order valence-electron chi connectivity index (χ3n) is 3.26. The van der Waals surface area contributed by atoms with Crippen LogP contribution in [0.1, 0.15) is 5.56 Å². The van der Waals surface area contributed by atoms with Crippen LogP contribution in [-0.2, 0) is 6.61 Å². The Kier molecular flexibility index (Phi) is 5.52. The first-order valence-electron chi connectivity index (χ1n) is 7.20. The number of benzene rings is 3. The summed E-state index contributed by atoms with van der Waals surface area (Å²) in [5, 5.41) is 1.82. The van der Waals surface area contributed by atoms with Gasteiger partial charge in [0.15, 0.2) is 0 Å². The standard InChI is InChI=1S/C19H13Cl3O2/c20-14-2-1-3-18(10-14)24-17-8-6-16(7-9-17)23-12-13-4-5-15(21)11-19(13)22/h1-11H,12H2. The predicted molar refractivity (Wildman–Crippen MR) is 98.8 cm³/mol. The fraction of sp³-hybridized carbons (Fsp3) is 0.0526. The zero-order valence-corrected chi connectivity index (χ0v) is 14.8. The Hall–Kier alpha value is -1.87. The Morgan fingerprint density at radius 2 is 1.38 bits per heavy atom. The van der Waals surface area contributed by atoms with E-state index in [0.29, 0.717) is 33.2 Å². The van der Waals surface area contributed by atoms with E-state index in [2.05, 4.69) is 0 Å². The van der Waals surface area contributed by atoms with Crippen LogP contribution >= 0.6 is 34.8 Å². The quantitative estimate of drug-likeness (QED) is 0.474. The molecule has 0 fully saturated rings. The van der Waals surface area contributed by atoms with Crippen LogP contribution in [-0.4, -0.2) is 0 Å². The van der Waals surface area contributed by atoms with E-state index < -0.39 is 0 Å². The van der Waals surface area contributed by atoms with Gasteiger partial charge in [-0.1, -0.05) is 46.9 Å². The van der Waals surface area contributed by atoms with Gasteiger partial charge < -0.3 is 9.47 Å². The van der Waals surface area contributed by atoms with Crippen LogP contribution in [0, 0.1) is 0 Å². The number of rotatable bonds is 5. The summed E-state index contributed by atoms with van der Waals surface area (Å²) < 4.78 is 11.5. The van der Waals surface area contributed by atoms with Crippen molar-refractivity contribution in [2.24, 2.45) is 0 Å². The van der Waals surface area contributed by atoms with Crippen molar-refractivity contribution in [3.05, 3.63) is 87.4 Å². The Labute approximate surface area is 155 Å². The van der Waals surface area contributed by atoms with Crippen LogP contribution in [0.25, 0.3) is 0 Å². The molecular formula is C19H13Cl3O2. The Bertz CT molecular complexity index is 832. The summed E-state index contributed by atoms with van der Waals surface area (Å²) in [5.74, 6) is 2.11. The maximum absolute atomic E-state index is 6.13. The summed E-state index contributed by atoms with van der Waals surface area (Å²) in [6.07, 6.45) is 0. The van der Waals surface area contributed by atoms with Crippen molar-refractivity contribution in [1.29, 1.82) is 0 Å². The molecule has 0 aromatic heterocycles. The summed E-state index contributed by atoms with van der Waals surface area (Å²) >= 11 is 17.9. The first kappa shape index (κ1) is 17.0. The van der Waals surface area contributed by atoms with Gasteiger partial charge in [0.05, 0.1) is 0 Å². The molecule has 2 nitrogen and oxygen atoms in total. The summed E-state index contributed by atoms with van der Waals surface area (Å²) in [5.41, 5.74) is 0.875. The van der Waals surface area contributed by atoms with Gasteiger partial charge in [0.2, 0.25) is 0 Å². The highest BCUT2D eigenvalue weighted by molar-refractivity contribution is 6.35. The smallest absolute Gasteiger partial charge is 0.128 e. The Balaban J connectivity index is 1.62. The molecule has 0 amide bonds. The van der Waals surface area contributed by atoms with E-state index in [-0.39, 0.29) is 0 Å². The largest absolute Gasteiger partial charge is 0.489 e. The lowest BCUT2D eigenvalue weighted by molar-refractivity contribution is 0.306. The summed E-state index contributed by atoms with van der Waals surface area (Å²) in [7, 11) is 0. The molecule has 0 heterocycles. The maximum Gasteiger partial charge on any atom is 0.128 e. The van der Waals surface area contributed by atoms with Gasteiger partial charge in [0.1, 0.15) is 23.9 Å². The number of halogens is 3. The van der Waals surface area contributed by atoms with E-state index in [1.807, 2.05) is 42.5 Å². The van der Waals surface area contributed by atoms with E-state index in [4.69, 9.17) is 44.3 Å². The highest BCUT2D eigenvalue weighted by atomic mass is 35.5. The Morgan fingerprint density at radius 3 is 2.08 bits per heavy atom. The molecule has 122 valence electrons. The SMILES string of the molecule is Clc1cccc(Oc2ccc(OCc3ccc(Cl)cc3Cl)cc2)c1. The molecule has 0 aliphatic rings. The molecule has 0 aliphatic carbocycles. The van der Waals surface area contributed by atoms with Crippen LogP contribution in [0.15, 0.2) is 66.7 Å². The van der Waals surface area contributed by atoms with Crippen LogP contribution in [0.3, 0.4) is 0 Å². The van der Waals surface area contributed by atoms with Gasteiger partial charge in [-0.15, -0.1) is 0 Å². The van der Waals surface area contributed by atoms with E-state index in [1.165, 1.54) is 0 Å².